The maximum absolute atomic E-state index is 12.1. The average Bonchev–Trinajstić information content (AvgIpc) is 2.30. The van der Waals surface area contributed by atoms with Crippen molar-refractivity contribution in [3.8, 4) is 0 Å². The number of piperidine rings is 1. The molecule has 1 aliphatic rings. The van der Waals surface area contributed by atoms with Crippen molar-refractivity contribution >= 4 is 21.8 Å². The number of hydrogen-bond acceptors (Lipinski definition) is 3. The van der Waals surface area contributed by atoms with Gasteiger partial charge < -0.3 is 10.0 Å². The molecule has 0 bridgehead atoms. The molecule has 86 valence electrons. The number of pyridine rings is 1. The first kappa shape index (κ1) is 11.5. The van der Waals surface area contributed by atoms with Gasteiger partial charge in [-0.15, -0.1) is 0 Å². The van der Waals surface area contributed by atoms with Gasteiger partial charge in [-0.3, -0.25) is 4.79 Å². The van der Waals surface area contributed by atoms with Crippen molar-refractivity contribution < 1.29 is 9.90 Å². The zero-order chi connectivity index (χ0) is 11.5. The standard InChI is InChI=1S/C11H13BrN2O2/c12-9-2-1-5-13-10(9)11(16)14-6-3-8(15)4-7-14/h1-2,5,8,15H,3-4,6-7H2. The normalized spacial score (nSPS) is 17.5. The van der Waals surface area contributed by atoms with E-state index in [0.29, 0.717) is 36.1 Å². The quantitative estimate of drug-likeness (QED) is 0.849. The third-order valence-electron chi connectivity index (χ3n) is 2.71. The first-order valence-corrected chi connectivity index (χ1v) is 6.05. The molecule has 5 heteroatoms. The second kappa shape index (κ2) is 4.93. The maximum atomic E-state index is 12.1. The van der Waals surface area contributed by atoms with E-state index in [2.05, 4.69) is 20.9 Å². The molecule has 0 radical (unpaired) electrons. The number of hydrogen-bond donors (Lipinski definition) is 1. The molecule has 0 unspecified atom stereocenters. The summed E-state index contributed by atoms with van der Waals surface area (Å²) in [4.78, 5) is 17.9. The van der Waals surface area contributed by atoms with Crippen molar-refractivity contribution in [3.63, 3.8) is 0 Å². The summed E-state index contributed by atoms with van der Waals surface area (Å²) in [5, 5.41) is 9.37. The van der Waals surface area contributed by atoms with Crippen LogP contribution in [-0.4, -0.2) is 40.1 Å². The molecule has 0 saturated carbocycles. The molecule has 1 N–H and O–H groups in total. The lowest BCUT2D eigenvalue weighted by atomic mass is 10.1. The molecule has 0 aromatic carbocycles. The third-order valence-corrected chi connectivity index (χ3v) is 3.35. The van der Waals surface area contributed by atoms with Crippen LogP contribution in [0.5, 0.6) is 0 Å². The highest BCUT2D eigenvalue weighted by Gasteiger charge is 2.24. The average molecular weight is 285 g/mol. The Balaban J connectivity index is 2.11. The SMILES string of the molecule is O=C(c1ncccc1Br)N1CCC(O)CC1. The number of aliphatic hydroxyl groups excluding tert-OH is 1. The fourth-order valence-corrected chi connectivity index (χ4v) is 2.19. The minimum absolute atomic E-state index is 0.0700. The smallest absolute Gasteiger partial charge is 0.273 e. The molecule has 1 saturated heterocycles. The summed E-state index contributed by atoms with van der Waals surface area (Å²) in [6.45, 7) is 1.20. The predicted octanol–water partition coefficient (Wildman–Crippen LogP) is 1.44. The zero-order valence-corrected chi connectivity index (χ0v) is 10.4. The van der Waals surface area contributed by atoms with Crippen molar-refractivity contribution in [2.75, 3.05) is 13.1 Å². The number of carbonyl (C=O) groups is 1. The minimum Gasteiger partial charge on any atom is -0.393 e. The Morgan fingerprint density at radius 3 is 2.81 bits per heavy atom. The summed E-state index contributed by atoms with van der Waals surface area (Å²) in [6, 6.07) is 3.58. The molecule has 0 spiro atoms. The van der Waals surface area contributed by atoms with Gasteiger partial charge in [-0.2, -0.15) is 0 Å². The molecule has 0 atom stereocenters. The van der Waals surface area contributed by atoms with E-state index in [0.717, 1.165) is 0 Å². The summed E-state index contributed by atoms with van der Waals surface area (Å²) in [5.74, 6) is -0.0700. The summed E-state index contributed by atoms with van der Waals surface area (Å²) in [5.41, 5.74) is 0.443. The number of likely N-dealkylation sites (tertiary alicyclic amines) is 1. The van der Waals surface area contributed by atoms with Gasteiger partial charge in [0.1, 0.15) is 5.69 Å². The number of carbonyl (C=O) groups excluding carboxylic acids is 1. The monoisotopic (exact) mass is 284 g/mol. The maximum Gasteiger partial charge on any atom is 0.273 e. The molecule has 0 aliphatic carbocycles. The summed E-state index contributed by atoms with van der Waals surface area (Å²) in [7, 11) is 0. The molecule has 1 amide bonds. The third kappa shape index (κ3) is 2.41. The van der Waals surface area contributed by atoms with Crippen LogP contribution in [0.3, 0.4) is 0 Å². The lowest BCUT2D eigenvalue weighted by Crippen LogP contribution is -2.40. The van der Waals surface area contributed by atoms with Crippen LogP contribution in [0.4, 0.5) is 0 Å². The van der Waals surface area contributed by atoms with Crippen LogP contribution in [-0.2, 0) is 0 Å². The van der Waals surface area contributed by atoms with E-state index >= 15 is 0 Å². The van der Waals surface area contributed by atoms with E-state index in [9.17, 15) is 9.90 Å². The van der Waals surface area contributed by atoms with Crippen molar-refractivity contribution in [1.29, 1.82) is 0 Å². The van der Waals surface area contributed by atoms with E-state index in [-0.39, 0.29) is 12.0 Å². The molecule has 4 nitrogen and oxygen atoms in total. The van der Waals surface area contributed by atoms with Gasteiger partial charge >= 0.3 is 0 Å². The topological polar surface area (TPSA) is 53.4 Å². The molecule has 2 rings (SSSR count). The molecule has 2 heterocycles. The van der Waals surface area contributed by atoms with Gasteiger partial charge in [0.15, 0.2) is 0 Å². The van der Waals surface area contributed by atoms with Crippen molar-refractivity contribution in [2.24, 2.45) is 0 Å². The van der Waals surface area contributed by atoms with E-state index in [1.807, 2.05) is 0 Å². The molecular weight excluding hydrogens is 272 g/mol. The van der Waals surface area contributed by atoms with E-state index in [1.165, 1.54) is 0 Å². The molecule has 1 aromatic rings. The molecule has 1 aliphatic heterocycles. The van der Waals surface area contributed by atoms with Gasteiger partial charge in [0.2, 0.25) is 0 Å². The lowest BCUT2D eigenvalue weighted by molar-refractivity contribution is 0.0540. The van der Waals surface area contributed by atoms with Gasteiger partial charge in [0.05, 0.1) is 6.10 Å². The first-order chi connectivity index (χ1) is 7.68. The van der Waals surface area contributed by atoms with Gasteiger partial charge in [-0.1, -0.05) is 0 Å². The fourth-order valence-electron chi connectivity index (χ4n) is 1.76. The van der Waals surface area contributed by atoms with E-state index < -0.39 is 0 Å². The Morgan fingerprint density at radius 1 is 1.50 bits per heavy atom. The molecular formula is C11H13BrN2O2. The molecule has 1 fully saturated rings. The number of rotatable bonds is 1. The Hall–Kier alpha value is -0.940. The second-order valence-corrected chi connectivity index (χ2v) is 4.71. The number of aliphatic hydroxyl groups is 1. The number of nitrogens with zero attached hydrogens (tertiary/aromatic N) is 2. The summed E-state index contributed by atoms with van der Waals surface area (Å²) >= 11 is 3.32. The highest BCUT2D eigenvalue weighted by Crippen LogP contribution is 2.18. The Labute approximate surface area is 102 Å². The molecule has 1 aromatic heterocycles. The van der Waals surface area contributed by atoms with Crippen molar-refractivity contribution in [2.45, 2.75) is 18.9 Å². The van der Waals surface area contributed by atoms with Gasteiger partial charge in [-0.05, 0) is 40.9 Å². The Morgan fingerprint density at radius 2 is 2.19 bits per heavy atom. The zero-order valence-electron chi connectivity index (χ0n) is 8.77. The number of amides is 1. The van der Waals surface area contributed by atoms with E-state index in [1.54, 1.807) is 23.2 Å². The lowest BCUT2D eigenvalue weighted by Gasteiger charge is -2.29. The largest absolute Gasteiger partial charge is 0.393 e. The highest BCUT2D eigenvalue weighted by molar-refractivity contribution is 9.10. The van der Waals surface area contributed by atoms with Gasteiger partial charge in [0, 0.05) is 23.8 Å². The fraction of sp³-hybridized carbons (Fsp3) is 0.455. The van der Waals surface area contributed by atoms with Crippen LogP contribution in [0, 0.1) is 0 Å². The van der Waals surface area contributed by atoms with Crippen LogP contribution in [0.2, 0.25) is 0 Å². The van der Waals surface area contributed by atoms with Crippen LogP contribution in [0.1, 0.15) is 23.3 Å². The predicted molar refractivity (Wildman–Crippen MR) is 63.1 cm³/mol. The van der Waals surface area contributed by atoms with E-state index in [4.69, 9.17) is 0 Å². The van der Waals surface area contributed by atoms with Crippen LogP contribution < -0.4 is 0 Å². The molecule has 16 heavy (non-hydrogen) atoms. The Kier molecular flexibility index (Phi) is 3.56. The number of halogens is 1. The number of aromatic nitrogens is 1. The van der Waals surface area contributed by atoms with Crippen molar-refractivity contribution in [1.82, 2.24) is 9.88 Å². The summed E-state index contributed by atoms with van der Waals surface area (Å²) in [6.07, 6.45) is 2.64. The van der Waals surface area contributed by atoms with Crippen LogP contribution in [0.25, 0.3) is 0 Å². The minimum atomic E-state index is -0.267. The van der Waals surface area contributed by atoms with Crippen LogP contribution in [0.15, 0.2) is 22.8 Å². The van der Waals surface area contributed by atoms with Gasteiger partial charge in [0.25, 0.3) is 5.91 Å². The second-order valence-electron chi connectivity index (χ2n) is 3.86. The summed E-state index contributed by atoms with van der Waals surface area (Å²) < 4.78 is 0.714. The van der Waals surface area contributed by atoms with Crippen LogP contribution >= 0.6 is 15.9 Å². The Bertz CT molecular complexity index is 389. The van der Waals surface area contributed by atoms with Crippen molar-refractivity contribution in [3.05, 3.63) is 28.5 Å². The van der Waals surface area contributed by atoms with Gasteiger partial charge in [-0.25, -0.2) is 4.98 Å². The highest BCUT2D eigenvalue weighted by atomic mass is 79.9. The first-order valence-electron chi connectivity index (χ1n) is 5.26.